The summed E-state index contributed by atoms with van der Waals surface area (Å²) in [6.45, 7) is 2.13. The van der Waals surface area contributed by atoms with E-state index in [4.69, 9.17) is 4.42 Å². The lowest BCUT2D eigenvalue weighted by Gasteiger charge is -2.03. The molecule has 0 unspecified atom stereocenters. The van der Waals surface area contributed by atoms with Gasteiger partial charge in [-0.2, -0.15) is 0 Å². The van der Waals surface area contributed by atoms with Crippen LogP contribution in [0.1, 0.15) is 5.56 Å². The van der Waals surface area contributed by atoms with E-state index in [0.29, 0.717) is 0 Å². The van der Waals surface area contributed by atoms with Crippen molar-refractivity contribution in [1.29, 1.82) is 0 Å². The van der Waals surface area contributed by atoms with Gasteiger partial charge in [0.1, 0.15) is 11.2 Å². The van der Waals surface area contributed by atoms with E-state index in [1.54, 1.807) is 0 Å². The van der Waals surface area contributed by atoms with Gasteiger partial charge in [-0.1, -0.05) is 72.3 Å². The van der Waals surface area contributed by atoms with Crippen molar-refractivity contribution >= 4 is 21.9 Å². The van der Waals surface area contributed by atoms with Crippen LogP contribution in [0, 0.1) is 6.92 Å². The molecule has 0 saturated heterocycles. The van der Waals surface area contributed by atoms with Crippen molar-refractivity contribution in [1.82, 2.24) is 0 Å². The van der Waals surface area contributed by atoms with Crippen LogP contribution in [0.25, 0.3) is 44.2 Å². The van der Waals surface area contributed by atoms with Crippen LogP contribution in [-0.4, -0.2) is 0 Å². The predicted octanol–water partition coefficient (Wildman–Crippen LogP) is 7.23. The Morgan fingerprint density at radius 1 is 0.500 bits per heavy atom. The van der Waals surface area contributed by atoms with Crippen LogP contribution in [0.4, 0.5) is 0 Å². The average Bonchev–Trinajstić information content (AvgIpc) is 3.06. The number of aryl methyl sites for hydroxylation is 1. The normalized spacial score (nSPS) is 11.3. The smallest absolute Gasteiger partial charge is 0.135 e. The van der Waals surface area contributed by atoms with E-state index in [2.05, 4.69) is 91.9 Å². The van der Waals surface area contributed by atoms with Crippen molar-refractivity contribution in [3.63, 3.8) is 0 Å². The largest absolute Gasteiger partial charge is 0.456 e. The van der Waals surface area contributed by atoms with Gasteiger partial charge in [0.2, 0.25) is 0 Å². The molecular formula is C25H18O. The second kappa shape index (κ2) is 5.89. The minimum absolute atomic E-state index is 0.932. The van der Waals surface area contributed by atoms with E-state index in [1.165, 1.54) is 27.8 Å². The van der Waals surface area contributed by atoms with Gasteiger partial charge in [-0.25, -0.2) is 0 Å². The number of hydrogen-bond donors (Lipinski definition) is 0. The summed E-state index contributed by atoms with van der Waals surface area (Å²) in [5.41, 5.74) is 8.02. The molecule has 26 heavy (non-hydrogen) atoms. The molecule has 5 rings (SSSR count). The van der Waals surface area contributed by atoms with Crippen LogP contribution >= 0.6 is 0 Å². The van der Waals surface area contributed by atoms with Gasteiger partial charge in [-0.15, -0.1) is 0 Å². The zero-order valence-corrected chi connectivity index (χ0v) is 14.6. The summed E-state index contributed by atoms with van der Waals surface area (Å²) in [5, 5.41) is 2.33. The molecule has 5 aromatic rings. The first-order valence-corrected chi connectivity index (χ1v) is 8.87. The molecule has 0 bridgehead atoms. The minimum Gasteiger partial charge on any atom is -0.456 e. The minimum atomic E-state index is 0.932. The van der Waals surface area contributed by atoms with Crippen LogP contribution in [0.2, 0.25) is 0 Å². The first kappa shape index (κ1) is 15.0. The number of fused-ring (bicyclic) bond motifs is 3. The van der Waals surface area contributed by atoms with Gasteiger partial charge in [0, 0.05) is 10.8 Å². The molecule has 4 aromatic carbocycles. The molecule has 1 nitrogen and oxygen atoms in total. The quantitative estimate of drug-likeness (QED) is 0.332. The summed E-state index contributed by atoms with van der Waals surface area (Å²) in [7, 11) is 0. The van der Waals surface area contributed by atoms with Crippen LogP contribution in [0.5, 0.6) is 0 Å². The third-order valence-electron chi connectivity index (χ3n) is 4.93. The summed E-state index contributed by atoms with van der Waals surface area (Å²) < 4.78 is 6.06. The van der Waals surface area contributed by atoms with Gasteiger partial charge in [0.15, 0.2) is 0 Å². The maximum absolute atomic E-state index is 6.06. The Balaban J connectivity index is 1.72. The molecule has 0 aliphatic carbocycles. The van der Waals surface area contributed by atoms with Gasteiger partial charge in [-0.05, 0) is 53.4 Å². The second-order valence-electron chi connectivity index (χ2n) is 6.76. The van der Waals surface area contributed by atoms with Crippen molar-refractivity contribution in [3.8, 4) is 22.3 Å². The molecular weight excluding hydrogens is 316 g/mol. The second-order valence-corrected chi connectivity index (χ2v) is 6.76. The van der Waals surface area contributed by atoms with Crippen molar-refractivity contribution < 1.29 is 4.42 Å². The summed E-state index contributed by atoms with van der Waals surface area (Å²) in [6.07, 6.45) is 0. The lowest BCUT2D eigenvalue weighted by Crippen LogP contribution is -1.80. The zero-order chi connectivity index (χ0) is 17.5. The van der Waals surface area contributed by atoms with E-state index in [-0.39, 0.29) is 0 Å². The summed E-state index contributed by atoms with van der Waals surface area (Å²) in [5.74, 6) is 0. The number of benzene rings is 4. The van der Waals surface area contributed by atoms with Crippen LogP contribution in [0.15, 0.2) is 95.4 Å². The lowest BCUT2D eigenvalue weighted by atomic mass is 9.99. The van der Waals surface area contributed by atoms with Crippen molar-refractivity contribution in [3.05, 3.63) is 96.6 Å². The Bertz CT molecular complexity index is 1230. The van der Waals surface area contributed by atoms with Gasteiger partial charge >= 0.3 is 0 Å². The van der Waals surface area contributed by atoms with E-state index in [9.17, 15) is 0 Å². The molecule has 1 aromatic heterocycles. The fourth-order valence-electron chi connectivity index (χ4n) is 3.59. The molecule has 1 heterocycles. The standard InChI is InChI=1S/C25H18O/c1-17-6-5-9-19(14-17)21-11-13-25-23(16-21)22-15-20(10-12-24(22)26-25)18-7-3-2-4-8-18/h2-16H,1H3. The maximum atomic E-state index is 6.06. The molecule has 0 amide bonds. The first-order valence-electron chi connectivity index (χ1n) is 8.87. The number of hydrogen-bond acceptors (Lipinski definition) is 1. The fraction of sp³-hybridized carbons (Fsp3) is 0.0400. The molecule has 0 spiro atoms. The van der Waals surface area contributed by atoms with Crippen molar-refractivity contribution in [2.45, 2.75) is 6.92 Å². The first-order chi connectivity index (χ1) is 12.8. The third kappa shape index (κ3) is 2.49. The summed E-state index contributed by atoms with van der Waals surface area (Å²) >= 11 is 0. The third-order valence-corrected chi connectivity index (χ3v) is 4.93. The Morgan fingerprint density at radius 3 is 1.73 bits per heavy atom. The van der Waals surface area contributed by atoms with Crippen LogP contribution in [-0.2, 0) is 0 Å². The topological polar surface area (TPSA) is 13.1 Å². The van der Waals surface area contributed by atoms with Gasteiger partial charge in [0.05, 0.1) is 0 Å². The fourth-order valence-corrected chi connectivity index (χ4v) is 3.59. The molecule has 0 radical (unpaired) electrons. The van der Waals surface area contributed by atoms with E-state index in [0.717, 1.165) is 21.9 Å². The molecule has 0 N–H and O–H groups in total. The Labute approximate surface area is 152 Å². The maximum Gasteiger partial charge on any atom is 0.135 e. The predicted molar refractivity (Wildman–Crippen MR) is 109 cm³/mol. The van der Waals surface area contributed by atoms with E-state index >= 15 is 0 Å². The zero-order valence-electron chi connectivity index (χ0n) is 14.6. The number of rotatable bonds is 2. The Kier molecular flexibility index (Phi) is 3.39. The summed E-state index contributed by atoms with van der Waals surface area (Å²) in [6, 6.07) is 32.0. The monoisotopic (exact) mass is 334 g/mol. The molecule has 0 fully saturated rings. The van der Waals surface area contributed by atoms with Gasteiger partial charge in [-0.3, -0.25) is 0 Å². The SMILES string of the molecule is Cc1cccc(-c2ccc3oc4ccc(-c5ccccc5)cc4c3c2)c1. The molecule has 0 atom stereocenters. The molecule has 1 heteroatoms. The molecule has 0 aliphatic heterocycles. The van der Waals surface area contributed by atoms with E-state index in [1.807, 2.05) is 6.07 Å². The van der Waals surface area contributed by atoms with Crippen molar-refractivity contribution in [2.75, 3.05) is 0 Å². The molecule has 124 valence electrons. The highest BCUT2D eigenvalue weighted by Gasteiger charge is 2.10. The van der Waals surface area contributed by atoms with Crippen molar-refractivity contribution in [2.24, 2.45) is 0 Å². The number of furan rings is 1. The highest BCUT2D eigenvalue weighted by molar-refractivity contribution is 6.07. The summed E-state index contributed by atoms with van der Waals surface area (Å²) in [4.78, 5) is 0. The van der Waals surface area contributed by atoms with Gasteiger partial charge < -0.3 is 4.42 Å². The Hall–Kier alpha value is -3.32. The molecule has 0 saturated carbocycles. The van der Waals surface area contributed by atoms with Gasteiger partial charge in [0.25, 0.3) is 0 Å². The highest BCUT2D eigenvalue weighted by Crippen LogP contribution is 2.35. The lowest BCUT2D eigenvalue weighted by molar-refractivity contribution is 0.669. The Morgan fingerprint density at radius 2 is 1.08 bits per heavy atom. The van der Waals surface area contributed by atoms with Crippen LogP contribution < -0.4 is 0 Å². The molecule has 0 aliphatic rings. The highest BCUT2D eigenvalue weighted by atomic mass is 16.3. The average molecular weight is 334 g/mol. The van der Waals surface area contributed by atoms with Crippen LogP contribution in [0.3, 0.4) is 0 Å². The van der Waals surface area contributed by atoms with E-state index < -0.39 is 0 Å².